The highest BCUT2D eigenvalue weighted by Crippen LogP contribution is 2.43. The number of fused-ring (bicyclic) bond motifs is 3. The normalized spacial score (nSPS) is 15.7. The third kappa shape index (κ3) is 5.72. The van der Waals surface area contributed by atoms with Crippen LogP contribution in [0.1, 0.15) is 47.1 Å². The second-order valence-corrected chi connectivity index (χ2v) is 14.4. The van der Waals surface area contributed by atoms with Gasteiger partial charge in [-0.05, 0) is 85.5 Å². The Bertz CT molecular complexity index is 2150. The summed E-state index contributed by atoms with van der Waals surface area (Å²) in [4.78, 5) is 50.5. The number of nitrogens with zero attached hydrogens (tertiary/aromatic N) is 3. The molecule has 3 aromatic carbocycles. The predicted octanol–water partition coefficient (Wildman–Crippen LogP) is 7.11. The van der Waals surface area contributed by atoms with E-state index in [9.17, 15) is 18.8 Å². The monoisotopic (exact) mass is 687 g/mol. The Morgan fingerprint density at radius 2 is 1.66 bits per heavy atom. The minimum Gasteiger partial charge on any atom is -0.380 e. The fourth-order valence-electron chi connectivity index (χ4n) is 6.89. The van der Waals surface area contributed by atoms with E-state index in [0.717, 1.165) is 59.4 Å². The van der Waals surface area contributed by atoms with Crippen molar-refractivity contribution in [1.82, 2.24) is 4.98 Å². The molecular formula is C39H34FN5O4S. The number of rotatable bonds is 6. The summed E-state index contributed by atoms with van der Waals surface area (Å²) >= 11 is 1.33. The molecule has 0 atom stereocenters. The summed E-state index contributed by atoms with van der Waals surface area (Å²) in [6.07, 6.45) is 2.33. The van der Waals surface area contributed by atoms with Crippen LogP contribution >= 0.6 is 11.3 Å². The largest absolute Gasteiger partial charge is 0.380 e. The summed E-state index contributed by atoms with van der Waals surface area (Å²) in [5, 5.41) is 5.77. The Balaban J connectivity index is 0.989. The van der Waals surface area contributed by atoms with Gasteiger partial charge >= 0.3 is 0 Å². The highest BCUT2D eigenvalue weighted by atomic mass is 32.1. The van der Waals surface area contributed by atoms with Crippen molar-refractivity contribution in [2.45, 2.75) is 20.3 Å². The van der Waals surface area contributed by atoms with Crippen molar-refractivity contribution in [3.05, 3.63) is 124 Å². The number of hydrogen-bond donors (Lipinski definition) is 2. The van der Waals surface area contributed by atoms with Crippen LogP contribution in [0.3, 0.4) is 0 Å². The van der Waals surface area contributed by atoms with E-state index < -0.39 is 5.82 Å². The van der Waals surface area contributed by atoms with Gasteiger partial charge in [-0.15, -0.1) is 11.3 Å². The maximum Gasteiger partial charge on any atom is 0.265 e. The maximum atomic E-state index is 14.4. The molecule has 50 heavy (non-hydrogen) atoms. The molecule has 0 aliphatic carbocycles. The molecule has 0 radical (unpaired) electrons. The number of benzene rings is 3. The van der Waals surface area contributed by atoms with E-state index in [4.69, 9.17) is 4.74 Å². The van der Waals surface area contributed by atoms with E-state index in [2.05, 4.69) is 20.5 Å². The summed E-state index contributed by atoms with van der Waals surface area (Å²) in [6.45, 7) is 7.30. The molecule has 0 bridgehead atoms. The molecule has 0 saturated carbocycles. The maximum absolute atomic E-state index is 14.4. The summed E-state index contributed by atoms with van der Waals surface area (Å²) < 4.78 is 19.8. The van der Waals surface area contributed by atoms with Gasteiger partial charge in [0.1, 0.15) is 5.82 Å². The quantitative estimate of drug-likeness (QED) is 0.197. The molecular weight excluding hydrogens is 654 g/mol. The minimum atomic E-state index is -0.484. The molecule has 2 aromatic heterocycles. The van der Waals surface area contributed by atoms with Gasteiger partial charge < -0.3 is 25.2 Å². The molecule has 11 heteroatoms. The van der Waals surface area contributed by atoms with Gasteiger partial charge in [0.2, 0.25) is 0 Å². The minimum absolute atomic E-state index is 0.169. The Hall–Kier alpha value is -5.39. The zero-order chi connectivity index (χ0) is 34.6. The molecule has 2 N–H and O–H groups in total. The summed E-state index contributed by atoms with van der Waals surface area (Å²) in [5.41, 5.74) is 6.01. The average Bonchev–Trinajstić information content (AvgIpc) is 3.44. The Morgan fingerprint density at radius 1 is 0.900 bits per heavy atom. The number of para-hydroxylation sites is 2. The average molecular weight is 688 g/mol. The van der Waals surface area contributed by atoms with Crippen LogP contribution in [0.15, 0.2) is 85.1 Å². The van der Waals surface area contributed by atoms with Crippen molar-refractivity contribution >= 4 is 51.9 Å². The van der Waals surface area contributed by atoms with E-state index in [1.807, 2.05) is 43.3 Å². The molecule has 5 heterocycles. The van der Waals surface area contributed by atoms with Crippen LogP contribution in [-0.2, 0) is 11.2 Å². The topological polar surface area (TPSA) is 104 Å². The molecule has 0 unspecified atom stereocenters. The van der Waals surface area contributed by atoms with Crippen molar-refractivity contribution in [3.63, 3.8) is 0 Å². The number of amides is 3. The number of thiophene rings is 1. The highest BCUT2D eigenvalue weighted by Gasteiger charge is 2.50. The van der Waals surface area contributed by atoms with Gasteiger partial charge in [0, 0.05) is 47.4 Å². The molecule has 3 amide bonds. The SMILES string of the molecule is Cc1cnc(N2CC3(COC3)C2)c(NC(=O)c2ccc(C(=O)N3CCc4cc(C(=O)Nc5c(C)cccc5F)sc4-c4ccccc43)cc2)c1. The first-order chi connectivity index (χ1) is 24.2. The third-order valence-corrected chi connectivity index (χ3v) is 10.8. The van der Waals surface area contributed by atoms with Crippen molar-refractivity contribution in [2.75, 3.05) is 53.3 Å². The lowest BCUT2D eigenvalue weighted by atomic mass is 9.78. The Labute approximate surface area is 292 Å². The van der Waals surface area contributed by atoms with E-state index in [0.29, 0.717) is 40.2 Å². The number of aromatic nitrogens is 1. The van der Waals surface area contributed by atoms with E-state index in [1.165, 1.54) is 17.4 Å². The van der Waals surface area contributed by atoms with E-state index in [-0.39, 0.29) is 28.8 Å². The lowest BCUT2D eigenvalue weighted by molar-refractivity contribution is -0.127. The number of hydrogen-bond acceptors (Lipinski definition) is 7. The third-order valence-electron chi connectivity index (χ3n) is 9.60. The lowest BCUT2D eigenvalue weighted by Gasteiger charge is -2.55. The summed E-state index contributed by atoms with van der Waals surface area (Å²) in [7, 11) is 0. The molecule has 3 aliphatic rings. The zero-order valence-corrected chi connectivity index (χ0v) is 28.4. The highest BCUT2D eigenvalue weighted by molar-refractivity contribution is 7.17. The zero-order valence-electron chi connectivity index (χ0n) is 27.6. The van der Waals surface area contributed by atoms with Crippen molar-refractivity contribution in [1.29, 1.82) is 0 Å². The van der Waals surface area contributed by atoms with Gasteiger partial charge in [-0.3, -0.25) is 14.4 Å². The first kappa shape index (κ1) is 31.9. The van der Waals surface area contributed by atoms with Crippen molar-refractivity contribution < 1.29 is 23.5 Å². The van der Waals surface area contributed by atoms with Crippen LogP contribution in [0, 0.1) is 25.1 Å². The number of nitrogens with one attached hydrogen (secondary N) is 2. The molecule has 2 fully saturated rings. The van der Waals surface area contributed by atoms with Gasteiger partial charge in [0.05, 0.1) is 40.6 Å². The molecule has 3 aliphatic heterocycles. The number of carbonyl (C=O) groups is 3. The molecule has 9 nitrogen and oxygen atoms in total. The van der Waals surface area contributed by atoms with Crippen LogP contribution in [0.4, 0.5) is 27.3 Å². The number of halogens is 1. The van der Waals surface area contributed by atoms with Crippen LogP contribution in [0.25, 0.3) is 10.4 Å². The van der Waals surface area contributed by atoms with Crippen molar-refractivity contribution in [2.24, 2.45) is 5.41 Å². The number of anilines is 4. The van der Waals surface area contributed by atoms with E-state index in [1.54, 1.807) is 54.4 Å². The Kier molecular flexibility index (Phi) is 7.96. The smallest absolute Gasteiger partial charge is 0.265 e. The van der Waals surface area contributed by atoms with Gasteiger partial charge in [-0.2, -0.15) is 0 Å². The molecule has 5 aromatic rings. The number of ether oxygens (including phenoxy) is 1. The molecule has 2 saturated heterocycles. The fourth-order valence-corrected chi connectivity index (χ4v) is 8.03. The lowest BCUT2D eigenvalue weighted by Crippen LogP contribution is -2.66. The molecule has 252 valence electrons. The van der Waals surface area contributed by atoms with Crippen LogP contribution < -0.4 is 20.4 Å². The van der Waals surface area contributed by atoms with Crippen LogP contribution in [0.5, 0.6) is 0 Å². The van der Waals surface area contributed by atoms with Gasteiger partial charge in [0.25, 0.3) is 17.7 Å². The molecule has 8 rings (SSSR count). The summed E-state index contributed by atoms with van der Waals surface area (Å²) in [5.74, 6) is -0.589. The second-order valence-electron chi connectivity index (χ2n) is 13.3. The number of aryl methyl sites for hydroxylation is 2. The van der Waals surface area contributed by atoms with Crippen LogP contribution in [-0.4, -0.2) is 55.6 Å². The predicted molar refractivity (Wildman–Crippen MR) is 193 cm³/mol. The number of pyridine rings is 1. The van der Waals surface area contributed by atoms with E-state index >= 15 is 0 Å². The number of carbonyl (C=O) groups excluding carboxylic acids is 3. The Morgan fingerprint density at radius 3 is 2.40 bits per heavy atom. The van der Waals surface area contributed by atoms with Gasteiger partial charge in [-0.1, -0.05) is 30.3 Å². The fraction of sp³-hybridized carbons (Fsp3) is 0.231. The first-order valence-corrected chi connectivity index (χ1v) is 17.3. The van der Waals surface area contributed by atoms with Crippen LogP contribution in [0.2, 0.25) is 0 Å². The molecule has 1 spiro atoms. The standard InChI is InChI=1S/C39H34FN5O4S/c1-23-16-30(35(41-18-23)44-19-39(20-44)21-49-22-39)42-36(46)25-10-12-26(13-11-25)38(48)45-15-14-27-17-32(50-34(27)28-7-3-4-9-31(28)45)37(47)43-33-24(2)6-5-8-29(33)40/h3-13,16-18H,14-15,19-22H2,1-2H3,(H,42,46)(H,43,47). The van der Waals surface area contributed by atoms with Gasteiger partial charge in [0.15, 0.2) is 5.82 Å². The second kappa shape index (κ2) is 12.5. The van der Waals surface area contributed by atoms with Crippen molar-refractivity contribution in [3.8, 4) is 10.4 Å². The first-order valence-electron chi connectivity index (χ1n) is 16.5. The van der Waals surface area contributed by atoms with Gasteiger partial charge in [-0.25, -0.2) is 9.37 Å². The summed E-state index contributed by atoms with van der Waals surface area (Å²) in [6, 6.07) is 22.8.